The van der Waals surface area contributed by atoms with Crippen molar-refractivity contribution < 1.29 is 4.79 Å². The van der Waals surface area contributed by atoms with Crippen LogP contribution in [0.5, 0.6) is 0 Å². The minimum absolute atomic E-state index is 0.207. The van der Waals surface area contributed by atoms with Crippen LogP contribution in [-0.2, 0) is 4.79 Å². The lowest BCUT2D eigenvalue weighted by molar-refractivity contribution is -0.121. The second kappa shape index (κ2) is 8.12. The summed E-state index contributed by atoms with van der Waals surface area (Å²) in [5, 5.41) is 1.49. The van der Waals surface area contributed by atoms with Crippen LogP contribution in [0.15, 0.2) is 98.5 Å². The number of hydrogen-bond donors (Lipinski definition) is 1. The molecule has 28 heavy (non-hydrogen) atoms. The fourth-order valence-corrected chi connectivity index (χ4v) is 3.46. The van der Waals surface area contributed by atoms with Crippen LogP contribution in [0, 0.1) is 0 Å². The molecule has 1 heterocycles. The molecule has 0 aliphatic carbocycles. The number of halogens is 2. The molecule has 0 radical (unpaired) electrons. The van der Waals surface area contributed by atoms with E-state index in [9.17, 15) is 4.79 Å². The van der Waals surface area contributed by atoms with Crippen LogP contribution in [0.25, 0.3) is 6.08 Å². The van der Waals surface area contributed by atoms with Crippen molar-refractivity contribution in [3.05, 3.63) is 105 Å². The molecule has 0 fully saturated rings. The highest BCUT2D eigenvalue weighted by molar-refractivity contribution is 9.10. The molecule has 0 unspecified atom stereocenters. The lowest BCUT2D eigenvalue weighted by Crippen LogP contribution is -2.37. The topological polar surface area (TPSA) is 44.7 Å². The quantitative estimate of drug-likeness (QED) is 0.459. The summed E-state index contributed by atoms with van der Waals surface area (Å²) in [6.45, 7) is 0. The van der Waals surface area contributed by atoms with Crippen LogP contribution in [0.3, 0.4) is 0 Å². The number of amidine groups is 1. The predicted octanol–water partition coefficient (Wildman–Crippen LogP) is 5.87. The normalized spacial score (nSPS) is 15.1. The van der Waals surface area contributed by atoms with E-state index in [1.54, 1.807) is 6.08 Å². The van der Waals surface area contributed by atoms with Crippen LogP contribution in [0.4, 0.5) is 5.69 Å². The first-order chi connectivity index (χ1) is 13.6. The van der Waals surface area contributed by atoms with Gasteiger partial charge in [-0.05, 0) is 48.0 Å². The molecule has 4 rings (SSSR count). The predicted molar refractivity (Wildman–Crippen MR) is 120 cm³/mol. The van der Waals surface area contributed by atoms with Gasteiger partial charge in [-0.15, -0.1) is 0 Å². The van der Waals surface area contributed by atoms with Gasteiger partial charge in [0.1, 0.15) is 5.70 Å². The van der Waals surface area contributed by atoms with E-state index in [1.807, 2.05) is 78.9 Å². The number of benzene rings is 3. The minimum Gasteiger partial charge on any atom is -0.290 e. The summed E-state index contributed by atoms with van der Waals surface area (Å²) in [6.07, 6.45) is 1.79. The van der Waals surface area contributed by atoms with E-state index < -0.39 is 0 Å². The standard InChI is InChI=1S/C22H15Br2N3O/c23-17-11-9-15(10-12-17)13-20-22(28)27(26-19-7-2-1-3-8-19)21(25-20)16-5-4-6-18(24)14-16/h1-14,26H/b20-13-. The van der Waals surface area contributed by atoms with Crippen LogP contribution < -0.4 is 5.43 Å². The van der Waals surface area contributed by atoms with Crippen molar-refractivity contribution >= 4 is 55.4 Å². The van der Waals surface area contributed by atoms with E-state index in [0.717, 1.165) is 25.8 Å². The molecule has 0 saturated carbocycles. The van der Waals surface area contributed by atoms with Gasteiger partial charge in [0.15, 0.2) is 5.84 Å². The van der Waals surface area contributed by atoms with E-state index in [0.29, 0.717) is 11.5 Å². The maximum Gasteiger partial charge on any atom is 0.297 e. The number of nitrogens with zero attached hydrogens (tertiary/aromatic N) is 2. The van der Waals surface area contributed by atoms with Crippen molar-refractivity contribution in [3.63, 3.8) is 0 Å². The molecule has 0 aromatic heterocycles. The van der Waals surface area contributed by atoms with Gasteiger partial charge in [-0.2, -0.15) is 5.01 Å². The third-order valence-corrected chi connectivity index (χ3v) is 5.15. The first-order valence-corrected chi connectivity index (χ1v) is 10.2. The molecule has 0 spiro atoms. The fraction of sp³-hybridized carbons (Fsp3) is 0. The highest BCUT2D eigenvalue weighted by atomic mass is 79.9. The molecule has 3 aromatic rings. The van der Waals surface area contributed by atoms with E-state index in [1.165, 1.54) is 5.01 Å². The molecule has 1 N–H and O–H groups in total. The van der Waals surface area contributed by atoms with E-state index in [4.69, 9.17) is 0 Å². The first-order valence-electron chi connectivity index (χ1n) is 8.58. The number of anilines is 1. The zero-order valence-corrected chi connectivity index (χ0v) is 17.8. The zero-order chi connectivity index (χ0) is 19.5. The van der Waals surface area contributed by atoms with Crippen molar-refractivity contribution in [2.24, 2.45) is 4.99 Å². The molecular weight excluding hydrogens is 482 g/mol. The summed E-state index contributed by atoms with van der Waals surface area (Å²) < 4.78 is 1.91. The zero-order valence-electron chi connectivity index (χ0n) is 14.6. The Kier molecular flexibility index (Phi) is 5.41. The molecule has 1 aliphatic heterocycles. The number of aliphatic imine (C=N–C) groups is 1. The Hall–Kier alpha value is -2.70. The second-order valence-electron chi connectivity index (χ2n) is 6.15. The van der Waals surface area contributed by atoms with Crippen LogP contribution in [0.1, 0.15) is 11.1 Å². The largest absolute Gasteiger partial charge is 0.297 e. The lowest BCUT2D eigenvalue weighted by Gasteiger charge is -2.20. The van der Waals surface area contributed by atoms with Gasteiger partial charge < -0.3 is 0 Å². The molecule has 0 atom stereocenters. The molecule has 0 bridgehead atoms. The van der Waals surface area contributed by atoms with Gasteiger partial charge in [0, 0.05) is 14.5 Å². The van der Waals surface area contributed by atoms with Gasteiger partial charge in [-0.25, -0.2) is 4.99 Å². The Morgan fingerprint density at radius 2 is 1.61 bits per heavy atom. The van der Waals surface area contributed by atoms with Gasteiger partial charge in [0.05, 0.1) is 5.69 Å². The monoisotopic (exact) mass is 495 g/mol. The highest BCUT2D eigenvalue weighted by Gasteiger charge is 2.31. The van der Waals surface area contributed by atoms with Crippen molar-refractivity contribution in [1.82, 2.24) is 5.01 Å². The Morgan fingerprint density at radius 3 is 2.32 bits per heavy atom. The summed E-state index contributed by atoms with van der Waals surface area (Å²) in [6, 6.07) is 25.0. The third kappa shape index (κ3) is 4.08. The summed E-state index contributed by atoms with van der Waals surface area (Å²) in [4.78, 5) is 17.7. The van der Waals surface area contributed by atoms with Gasteiger partial charge in [0.2, 0.25) is 0 Å². The molecule has 3 aromatic carbocycles. The molecule has 4 nitrogen and oxygen atoms in total. The Balaban J connectivity index is 1.74. The minimum atomic E-state index is -0.207. The maximum atomic E-state index is 13.1. The summed E-state index contributed by atoms with van der Waals surface area (Å²) >= 11 is 6.91. The molecule has 1 aliphatic rings. The molecule has 6 heteroatoms. The Bertz CT molecular complexity index is 1080. The van der Waals surface area contributed by atoms with Gasteiger partial charge in [-0.3, -0.25) is 10.2 Å². The lowest BCUT2D eigenvalue weighted by atomic mass is 10.2. The second-order valence-corrected chi connectivity index (χ2v) is 7.98. The average Bonchev–Trinajstić information content (AvgIpc) is 3.00. The van der Waals surface area contributed by atoms with Crippen LogP contribution >= 0.6 is 31.9 Å². The number of rotatable bonds is 4. The maximum absolute atomic E-state index is 13.1. The van der Waals surface area contributed by atoms with Crippen LogP contribution in [-0.4, -0.2) is 16.8 Å². The van der Waals surface area contributed by atoms with E-state index in [-0.39, 0.29) is 5.91 Å². The van der Waals surface area contributed by atoms with Crippen molar-refractivity contribution in [2.75, 3.05) is 5.43 Å². The number of hydrazine groups is 1. The number of carbonyl (C=O) groups is 1. The van der Waals surface area contributed by atoms with Crippen molar-refractivity contribution in [2.45, 2.75) is 0 Å². The number of nitrogens with one attached hydrogen (secondary N) is 1. The van der Waals surface area contributed by atoms with Gasteiger partial charge >= 0.3 is 0 Å². The summed E-state index contributed by atoms with van der Waals surface area (Å²) in [5.74, 6) is 0.347. The molecule has 1 amide bonds. The third-order valence-electron chi connectivity index (χ3n) is 4.13. The Morgan fingerprint density at radius 1 is 0.857 bits per heavy atom. The Labute approximate surface area is 179 Å². The SMILES string of the molecule is O=C1/C(=C/c2ccc(Br)cc2)N=C(c2cccc(Br)c2)N1Nc1ccccc1. The number of para-hydroxylation sites is 1. The smallest absolute Gasteiger partial charge is 0.290 e. The summed E-state index contributed by atoms with van der Waals surface area (Å²) in [7, 11) is 0. The molecule has 0 saturated heterocycles. The van der Waals surface area contributed by atoms with Gasteiger partial charge in [0.25, 0.3) is 5.91 Å². The average molecular weight is 497 g/mol. The summed E-state index contributed by atoms with van der Waals surface area (Å²) in [5.41, 5.74) is 6.10. The molecule has 138 valence electrons. The number of carbonyl (C=O) groups excluding carboxylic acids is 1. The number of hydrogen-bond acceptors (Lipinski definition) is 3. The highest BCUT2D eigenvalue weighted by Crippen LogP contribution is 2.25. The van der Waals surface area contributed by atoms with E-state index >= 15 is 0 Å². The molecular formula is C22H15Br2N3O. The fourth-order valence-electron chi connectivity index (χ4n) is 2.80. The number of amides is 1. The van der Waals surface area contributed by atoms with Crippen molar-refractivity contribution in [1.29, 1.82) is 0 Å². The van der Waals surface area contributed by atoms with Crippen LogP contribution in [0.2, 0.25) is 0 Å². The van der Waals surface area contributed by atoms with Gasteiger partial charge in [-0.1, -0.05) is 74.3 Å². The van der Waals surface area contributed by atoms with E-state index in [2.05, 4.69) is 42.3 Å². The van der Waals surface area contributed by atoms with Crippen molar-refractivity contribution in [3.8, 4) is 0 Å². The first kappa shape index (κ1) is 18.7.